The second kappa shape index (κ2) is 14.9. The van der Waals surface area contributed by atoms with Crippen LogP contribution in [0.15, 0.2) is 18.2 Å². The van der Waals surface area contributed by atoms with E-state index in [2.05, 4.69) is 16.0 Å². The number of nitrogens with one attached hydrogen (secondary N) is 3. The number of benzene rings is 1. The summed E-state index contributed by atoms with van der Waals surface area (Å²) in [7, 11) is 0. The van der Waals surface area contributed by atoms with Gasteiger partial charge in [0.25, 0.3) is 11.8 Å². The lowest BCUT2D eigenvalue weighted by Crippen LogP contribution is -2.52. The molecular weight excluding hydrogens is 595 g/mol. The summed E-state index contributed by atoms with van der Waals surface area (Å²) in [5.41, 5.74) is 1.09. The number of hydrogen-bond donors (Lipinski definition) is 3. The SMILES string of the molecule is O=C(COI)NCCCCCCCCNC(=O)COc1cccc2c1CN(C1CCC(=O)NC1=O)C2=O. The maximum absolute atomic E-state index is 12.9. The topological polar surface area (TPSA) is 143 Å². The molecule has 0 bridgehead atoms. The van der Waals surface area contributed by atoms with E-state index in [9.17, 15) is 24.0 Å². The summed E-state index contributed by atoms with van der Waals surface area (Å²) in [5.74, 6) is -0.987. The highest BCUT2D eigenvalue weighted by Gasteiger charge is 2.40. The van der Waals surface area contributed by atoms with Gasteiger partial charge in [-0.3, -0.25) is 29.3 Å². The van der Waals surface area contributed by atoms with Crippen LogP contribution in [0, 0.1) is 0 Å². The largest absolute Gasteiger partial charge is 0.483 e. The van der Waals surface area contributed by atoms with E-state index >= 15 is 0 Å². The van der Waals surface area contributed by atoms with Crippen LogP contribution < -0.4 is 20.7 Å². The van der Waals surface area contributed by atoms with Crippen molar-refractivity contribution in [3.05, 3.63) is 29.3 Å². The normalized spacial score (nSPS) is 16.8. The third-order valence-electron chi connectivity index (χ3n) is 6.33. The van der Waals surface area contributed by atoms with Crippen molar-refractivity contribution in [2.45, 2.75) is 64.0 Å². The van der Waals surface area contributed by atoms with Gasteiger partial charge in [0, 0.05) is 30.6 Å². The number of nitrogens with zero attached hydrogens (tertiary/aromatic N) is 1. The summed E-state index contributed by atoms with van der Waals surface area (Å²) in [6.45, 7) is 1.31. The third kappa shape index (κ3) is 8.66. The molecule has 2 heterocycles. The number of fused-ring (bicyclic) bond motifs is 1. The van der Waals surface area contributed by atoms with Crippen molar-refractivity contribution in [3.8, 4) is 5.75 Å². The number of carbonyl (C=O) groups excluding carboxylic acids is 5. The second-order valence-electron chi connectivity index (χ2n) is 9.05. The monoisotopic (exact) mass is 628 g/mol. The molecule has 202 valence electrons. The van der Waals surface area contributed by atoms with Gasteiger partial charge in [-0.25, -0.2) is 0 Å². The van der Waals surface area contributed by atoms with Gasteiger partial charge in [0.15, 0.2) is 6.61 Å². The number of ether oxygens (including phenoxy) is 1. The van der Waals surface area contributed by atoms with Crippen LogP contribution in [0.1, 0.15) is 67.3 Å². The zero-order valence-electron chi connectivity index (χ0n) is 20.7. The molecule has 2 aliphatic heterocycles. The fourth-order valence-electron chi connectivity index (χ4n) is 4.40. The van der Waals surface area contributed by atoms with Crippen LogP contribution >= 0.6 is 23.0 Å². The quantitative estimate of drug-likeness (QED) is 0.153. The molecule has 11 nitrogen and oxygen atoms in total. The Kier molecular flexibility index (Phi) is 11.6. The Hall–Kier alpha value is -2.74. The highest BCUT2D eigenvalue weighted by molar-refractivity contribution is 14.1. The van der Waals surface area contributed by atoms with Crippen LogP contribution in [0.3, 0.4) is 0 Å². The summed E-state index contributed by atoms with van der Waals surface area (Å²) < 4.78 is 10.4. The van der Waals surface area contributed by atoms with Crippen molar-refractivity contribution >= 4 is 52.5 Å². The first-order valence-electron chi connectivity index (χ1n) is 12.6. The fourth-order valence-corrected chi connectivity index (χ4v) is 4.68. The number of carbonyl (C=O) groups is 5. The molecule has 0 aromatic heterocycles. The van der Waals surface area contributed by atoms with Crippen LogP contribution in [0.2, 0.25) is 0 Å². The number of imide groups is 1. The molecular formula is C25H33IN4O7. The molecule has 0 spiro atoms. The van der Waals surface area contributed by atoms with E-state index in [1.54, 1.807) is 41.2 Å². The van der Waals surface area contributed by atoms with Crippen LogP contribution in [0.5, 0.6) is 5.75 Å². The first-order chi connectivity index (χ1) is 17.9. The van der Waals surface area contributed by atoms with Gasteiger partial charge in [0.2, 0.25) is 17.7 Å². The average Bonchev–Trinajstić information content (AvgIpc) is 3.20. The maximum Gasteiger partial charge on any atom is 0.257 e. The van der Waals surface area contributed by atoms with Crippen LogP contribution in [0.4, 0.5) is 0 Å². The van der Waals surface area contributed by atoms with Gasteiger partial charge in [0.05, 0.1) is 6.54 Å². The second-order valence-corrected chi connectivity index (χ2v) is 9.67. The molecule has 12 heteroatoms. The standard InChI is InChI=1S/C25H33IN4O7/c26-37-16-23(33)28-13-6-4-2-1-3-5-12-27-22(32)15-36-20-9-7-8-17-18(20)14-30(25(17)35)19-10-11-21(31)29-24(19)34/h7-9,19H,1-6,10-16H2,(H,27,32)(H,28,33)(H,29,31,34). The molecule has 5 amide bonds. The molecule has 3 rings (SSSR count). The van der Waals surface area contributed by atoms with Crippen molar-refractivity contribution in [1.29, 1.82) is 0 Å². The number of hydrogen-bond acceptors (Lipinski definition) is 7. The Morgan fingerprint density at radius 1 is 0.973 bits per heavy atom. The van der Waals surface area contributed by atoms with E-state index in [1.807, 2.05) is 0 Å². The molecule has 1 aromatic rings. The lowest BCUT2D eigenvalue weighted by atomic mass is 10.0. The number of halogens is 1. The molecule has 1 atom stereocenters. The molecule has 1 saturated heterocycles. The zero-order valence-corrected chi connectivity index (χ0v) is 22.8. The summed E-state index contributed by atoms with van der Waals surface area (Å²) in [4.78, 5) is 61.5. The maximum atomic E-state index is 12.9. The number of rotatable bonds is 15. The van der Waals surface area contributed by atoms with Crippen LogP contribution in [-0.4, -0.2) is 66.8 Å². The molecule has 1 aromatic carbocycles. The molecule has 2 aliphatic rings. The van der Waals surface area contributed by atoms with Gasteiger partial charge in [-0.1, -0.05) is 31.7 Å². The van der Waals surface area contributed by atoms with E-state index in [4.69, 9.17) is 7.80 Å². The van der Waals surface area contributed by atoms with Crippen LogP contribution in [0.25, 0.3) is 0 Å². The van der Waals surface area contributed by atoms with Crippen LogP contribution in [-0.2, 0) is 28.8 Å². The Labute approximate surface area is 230 Å². The number of piperidine rings is 1. The predicted octanol–water partition coefficient (Wildman–Crippen LogP) is 1.77. The number of amides is 5. The molecule has 0 aliphatic carbocycles. The van der Waals surface area contributed by atoms with Crippen molar-refractivity contribution in [2.24, 2.45) is 0 Å². The number of unbranched alkanes of at least 4 members (excludes halogenated alkanes) is 5. The Morgan fingerprint density at radius 3 is 2.27 bits per heavy atom. The van der Waals surface area contributed by atoms with E-state index in [-0.39, 0.29) is 56.2 Å². The Bertz CT molecular complexity index is 1000. The third-order valence-corrected chi connectivity index (χ3v) is 6.64. The average molecular weight is 628 g/mol. The zero-order chi connectivity index (χ0) is 26.6. The summed E-state index contributed by atoms with van der Waals surface area (Å²) in [5, 5.41) is 7.93. The predicted molar refractivity (Wildman–Crippen MR) is 142 cm³/mol. The molecule has 1 unspecified atom stereocenters. The first-order valence-corrected chi connectivity index (χ1v) is 13.4. The van der Waals surface area contributed by atoms with E-state index < -0.39 is 11.9 Å². The van der Waals surface area contributed by atoms with Gasteiger partial charge < -0.3 is 23.3 Å². The van der Waals surface area contributed by atoms with E-state index in [0.717, 1.165) is 38.5 Å². The molecule has 0 radical (unpaired) electrons. The summed E-state index contributed by atoms with van der Waals surface area (Å²) in [6.07, 6.45) is 6.45. The van der Waals surface area contributed by atoms with Gasteiger partial charge in [0.1, 0.15) is 41.4 Å². The van der Waals surface area contributed by atoms with Crippen molar-refractivity contribution in [2.75, 3.05) is 26.3 Å². The van der Waals surface area contributed by atoms with E-state index in [0.29, 0.717) is 30.0 Å². The minimum absolute atomic E-state index is 0.0771. The van der Waals surface area contributed by atoms with Gasteiger partial charge in [-0.15, -0.1) is 0 Å². The van der Waals surface area contributed by atoms with Crippen molar-refractivity contribution < 1.29 is 31.8 Å². The van der Waals surface area contributed by atoms with Crippen molar-refractivity contribution in [1.82, 2.24) is 20.9 Å². The molecule has 1 fully saturated rings. The lowest BCUT2D eigenvalue weighted by molar-refractivity contribution is -0.137. The van der Waals surface area contributed by atoms with Gasteiger partial charge in [-0.05, 0) is 31.4 Å². The minimum atomic E-state index is -0.699. The Balaban J connectivity index is 1.31. The summed E-state index contributed by atoms with van der Waals surface area (Å²) >= 11 is 1.69. The summed E-state index contributed by atoms with van der Waals surface area (Å²) in [6, 6.07) is 4.37. The highest BCUT2D eigenvalue weighted by Crippen LogP contribution is 2.33. The molecule has 37 heavy (non-hydrogen) atoms. The smallest absolute Gasteiger partial charge is 0.257 e. The van der Waals surface area contributed by atoms with E-state index in [1.165, 1.54) is 4.90 Å². The minimum Gasteiger partial charge on any atom is -0.483 e. The molecule has 0 saturated carbocycles. The Morgan fingerprint density at radius 2 is 1.62 bits per heavy atom. The van der Waals surface area contributed by atoms with Gasteiger partial charge in [-0.2, -0.15) is 0 Å². The van der Waals surface area contributed by atoms with Gasteiger partial charge >= 0.3 is 0 Å². The lowest BCUT2D eigenvalue weighted by Gasteiger charge is -2.29. The highest BCUT2D eigenvalue weighted by atomic mass is 127. The first kappa shape index (κ1) is 28.8. The fraction of sp³-hybridized carbons (Fsp3) is 0.560. The van der Waals surface area contributed by atoms with Crippen molar-refractivity contribution in [3.63, 3.8) is 0 Å². The molecule has 3 N–H and O–H groups in total.